The van der Waals surface area contributed by atoms with Gasteiger partial charge in [0.15, 0.2) is 5.78 Å². The number of halogens is 2. The second kappa shape index (κ2) is 6.51. The molecule has 1 heterocycles. The van der Waals surface area contributed by atoms with Gasteiger partial charge in [0.05, 0.1) is 0 Å². The largest absolute Gasteiger partial charge is 0.338 e. The van der Waals surface area contributed by atoms with E-state index < -0.39 is 5.82 Å². The van der Waals surface area contributed by atoms with E-state index in [1.54, 1.807) is 4.90 Å². The van der Waals surface area contributed by atoms with Crippen molar-refractivity contribution in [3.8, 4) is 0 Å². The first-order valence-corrected chi connectivity index (χ1v) is 7.80. The van der Waals surface area contributed by atoms with E-state index in [9.17, 15) is 18.4 Å². The zero-order valence-corrected chi connectivity index (χ0v) is 13.2. The van der Waals surface area contributed by atoms with Crippen LogP contribution in [-0.2, 0) is 0 Å². The molecule has 2 aromatic carbocycles. The minimum atomic E-state index is -0.397. The quantitative estimate of drug-likeness (QED) is 0.808. The zero-order chi connectivity index (χ0) is 17.3. The van der Waals surface area contributed by atoms with Gasteiger partial charge in [0.1, 0.15) is 11.6 Å². The van der Waals surface area contributed by atoms with Gasteiger partial charge in [-0.05, 0) is 54.4 Å². The molecule has 1 saturated heterocycles. The summed E-state index contributed by atoms with van der Waals surface area (Å²) in [7, 11) is 0. The second-order valence-corrected chi connectivity index (χ2v) is 6.17. The summed E-state index contributed by atoms with van der Waals surface area (Å²) in [5, 5.41) is 0. The summed E-state index contributed by atoms with van der Waals surface area (Å²) in [4.78, 5) is 26.7. The third-order valence-electron chi connectivity index (χ3n) is 4.46. The highest BCUT2D eigenvalue weighted by Crippen LogP contribution is 2.28. The molecule has 5 heteroatoms. The highest BCUT2D eigenvalue weighted by Gasteiger charge is 2.37. The minimum absolute atomic E-state index is 0.00644. The van der Waals surface area contributed by atoms with Crippen LogP contribution in [0.25, 0.3) is 0 Å². The normalized spacial score (nSPS) is 20.2. The van der Waals surface area contributed by atoms with Crippen LogP contribution in [0.1, 0.15) is 27.6 Å². The van der Waals surface area contributed by atoms with Crippen molar-refractivity contribution in [3.05, 3.63) is 71.3 Å². The molecule has 0 N–H and O–H groups in total. The Morgan fingerprint density at radius 3 is 1.92 bits per heavy atom. The van der Waals surface area contributed by atoms with Crippen molar-refractivity contribution in [3.63, 3.8) is 0 Å². The van der Waals surface area contributed by atoms with Gasteiger partial charge in [-0.25, -0.2) is 8.78 Å². The smallest absolute Gasteiger partial charge is 0.253 e. The van der Waals surface area contributed by atoms with Gasteiger partial charge in [-0.2, -0.15) is 0 Å². The highest BCUT2D eigenvalue weighted by atomic mass is 19.1. The molecule has 2 aromatic rings. The van der Waals surface area contributed by atoms with Crippen LogP contribution in [0, 0.1) is 23.5 Å². The number of Topliss-reactive ketones (excluding diaryl/α,β-unsaturated/α-hetero) is 1. The number of amides is 1. The maximum absolute atomic E-state index is 13.0. The van der Waals surface area contributed by atoms with E-state index in [-0.39, 0.29) is 29.3 Å². The molecule has 1 aliphatic rings. The van der Waals surface area contributed by atoms with Crippen LogP contribution in [-0.4, -0.2) is 29.7 Å². The predicted molar refractivity (Wildman–Crippen MR) is 85.7 cm³/mol. The number of likely N-dealkylation sites (tertiary alicyclic amines) is 1. The lowest BCUT2D eigenvalue weighted by Crippen LogP contribution is -2.30. The Balaban J connectivity index is 1.74. The van der Waals surface area contributed by atoms with Crippen LogP contribution in [0.15, 0.2) is 48.5 Å². The lowest BCUT2D eigenvalue weighted by molar-refractivity contribution is 0.0779. The molecule has 0 spiro atoms. The van der Waals surface area contributed by atoms with Gasteiger partial charge < -0.3 is 4.90 Å². The Morgan fingerprint density at radius 2 is 1.38 bits per heavy atom. The zero-order valence-electron chi connectivity index (χ0n) is 13.2. The van der Waals surface area contributed by atoms with Crippen molar-refractivity contribution in [2.45, 2.75) is 6.92 Å². The number of ketones is 1. The average Bonchev–Trinajstić information content (AvgIpc) is 2.97. The third-order valence-corrected chi connectivity index (χ3v) is 4.46. The highest BCUT2D eigenvalue weighted by molar-refractivity contribution is 6.00. The van der Waals surface area contributed by atoms with Crippen LogP contribution in [0.4, 0.5) is 8.78 Å². The van der Waals surface area contributed by atoms with Crippen molar-refractivity contribution in [1.29, 1.82) is 0 Å². The van der Waals surface area contributed by atoms with Gasteiger partial charge in [0.25, 0.3) is 5.91 Å². The summed E-state index contributed by atoms with van der Waals surface area (Å²) >= 11 is 0. The van der Waals surface area contributed by atoms with Crippen LogP contribution in [0.5, 0.6) is 0 Å². The Morgan fingerprint density at radius 1 is 0.875 bits per heavy atom. The predicted octanol–water partition coefficient (Wildman–Crippen LogP) is 3.56. The van der Waals surface area contributed by atoms with Crippen molar-refractivity contribution < 1.29 is 18.4 Å². The fraction of sp³-hybridized carbons (Fsp3) is 0.263. The second-order valence-electron chi connectivity index (χ2n) is 6.17. The van der Waals surface area contributed by atoms with Gasteiger partial charge in [0, 0.05) is 30.1 Å². The molecular formula is C19H17F2NO2. The summed E-state index contributed by atoms with van der Waals surface area (Å²) in [6.45, 7) is 2.70. The summed E-state index contributed by atoms with van der Waals surface area (Å²) < 4.78 is 26.0. The molecule has 124 valence electrons. The van der Waals surface area contributed by atoms with E-state index in [1.807, 2.05) is 6.92 Å². The first kappa shape index (κ1) is 16.3. The number of hydrogen-bond donors (Lipinski definition) is 0. The standard InChI is InChI=1S/C19H17F2NO2/c1-12-10-22(19(24)14-4-8-16(21)9-5-14)11-17(12)18(23)13-2-6-15(20)7-3-13/h2-9,12,17H,10-11H2,1H3/t12-,17?/m0/s1. The maximum atomic E-state index is 13.0. The molecule has 0 saturated carbocycles. The van der Waals surface area contributed by atoms with Crippen molar-refractivity contribution in [2.75, 3.05) is 13.1 Å². The molecule has 0 aromatic heterocycles. The molecule has 0 radical (unpaired) electrons. The molecule has 3 rings (SSSR count). The van der Waals surface area contributed by atoms with Gasteiger partial charge in [-0.3, -0.25) is 9.59 Å². The summed E-state index contributed by atoms with van der Waals surface area (Å²) in [5.74, 6) is -1.40. The van der Waals surface area contributed by atoms with Crippen LogP contribution >= 0.6 is 0 Å². The van der Waals surface area contributed by atoms with Crippen molar-refractivity contribution in [1.82, 2.24) is 4.90 Å². The fourth-order valence-electron chi connectivity index (χ4n) is 3.08. The van der Waals surface area contributed by atoms with E-state index in [4.69, 9.17) is 0 Å². The van der Waals surface area contributed by atoms with Gasteiger partial charge >= 0.3 is 0 Å². The monoisotopic (exact) mass is 329 g/mol. The number of nitrogens with zero attached hydrogens (tertiary/aromatic N) is 1. The molecule has 0 aliphatic carbocycles. The number of rotatable bonds is 3. The van der Waals surface area contributed by atoms with E-state index in [0.29, 0.717) is 24.2 Å². The van der Waals surface area contributed by atoms with Crippen LogP contribution < -0.4 is 0 Å². The van der Waals surface area contributed by atoms with Crippen molar-refractivity contribution in [2.24, 2.45) is 11.8 Å². The fourth-order valence-corrected chi connectivity index (χ4v) is 3.08. The van der Waals surface area contributed by atoms with Gasteiger partial charge in [-0.15, -0.1) is 0 Å². The molecule has 1 aliphatic heterocycles. The molecular weight excluding hydrogens is 312 g/mol. The minimum Gasteiger partial charge on any atom is -0.338 e. The van der Waals surface area contributed by atoms with E-state index in [2.05, 4.69) is 0 Å². The van der Waals surface area contributed by atoms with E-state index >= 15 is 0 Å². The first-order chi connectivity index (χ1) is 11.5. The van der Waals surface area contributed by atoms with Crippen molar-refractivity contribution >= 4 is 11.7 Å². The first-order valence-electron chi connectivity index (χ1n) is 7.80. The summed E-state index contributed by atoms with van der Waals surface area (Å²) in [6.07, 6.45) is 0. The van der Waals surface area contributed by atoms with E-state index in [1.165, 1.54) is 48.5 Å². The maximum Gasteiger partial charge on any atom is 0.253 e. The van der Waals surface area contributed by atoms with E-state index in [0.717, 1.165) is 0 Å². The molecule has 24 heavy (non-hydrogen) atoms. The summed E-state index contributed by atoms with van der Waals surface area (Å²) in [6, 6.07) is 10.8. The molecule has 1 amide bonds. The Hall–Kier alpha value is -2.56. The Bertz CT molecular complexity index is 756. The Kier molecular flexibility index (Phi) is 4.42. The summed E-state index contributed by atoms with van der Waals surface area (Å²) in [5.41, 5.74) is 0.850. The molecule has 1 fully saturated rings. The van der Waals surface area contributed by atoms with Gasteiger partial charge in [0.2, 0.25) is 0 Å². The lowest BCUT2D eigenvalue weighted by atomic mass is 9.90. The number of carbonyl (C=O) groups excluding carboxylic acids is 2. The molecule has 3 nitrogen and oxygen atoms in total. The Labute approximate surface area is 138 Å². The number of benzene rings is 2. The average molecular weight is 329 g/mol. The third kappa shape index (κ3) is 3.20. The molecule has 0 bridgehead atoms. The molecule has 1 unspecified atom stereocenters. The topological polar surface area (TPSA) is 37.4 Å². The number of carbonyl (C=O) groups is 2. The SMILES string of the molecule is C[C@H]1CN(C(=O)c2ccc(F)cc2)CC1C(=O)c1ccc(F)cc1. The number of hydrogen-bond acceptors (Lipinski definition) is 2. The van der Waals surface area contributed by atoms with Crippen LogP contribution in [0.2, 0.25) is 0 Å². The van der Waals surface area contributed by atoms with Gasteiger partial charge in [-0.1, -0.05) is 6.92 Å². The lowest BCUT2D eigenvalue weighted by Gasteiger charge is -2.16. The van der Waals surface area contributed by atoms with Crippen LogP contribution in [0.3, 0.4) is 0 Å². The molecule has 2 atom stereocenters.